The summed E-state index contributed by atoms with van der Waals surface area (Å²) < 4.78 is 0. The lowest BCUT2D eigenvalue weighted by atomic mass is 9.73. The molecule has 4 atom stereocenters. The fourth-order valence-electron chi connectivity index (χ4n) is 2.49. The minimum absolute atomic E-state index is 0.116. The van der Waals surface area contributed by atoms with Crippen molar-refractivity contribution in [1.29, 1.82) is 0 Å². The number of aliphatic hydroxyl groups is 1. The normalized spacial score (nSPS) is 21.8. The Morgan fingerprint density at radius 3 is 1.45 bits per heavy atom. The van der Waals surface area contributed by atoms with E-state index in [1.807, 2.05) is 48.5 Å². The van der Waals surface area contributed by atoms with Crippen LogP contribution in [0.4, 0.5) is 0 Å². The average molecular weight is 319 g/mol. The van der Waals surface area contributed by atoms with Gasteiger partial charge in [-0.1, -0.05) is 94.9 Å². The van der Waals surface area contributed by atoms with Gasteiger partial charge in [0.2, 0.25) is 0 Å². The van der Waals surface area contributed by atoms with E-state index in [1.54, 1.807) is 6.92 Å². The molecule has 1 aliphatic carbocycles. The van der Waals surface area contributed by atoms with E-state index in [4.69, 9.17) is 5.11 Å². The molecule has 1 fully saturated rings. The zero-order chi connectivity index (χ0) is 18.6. The Morgan fingerprint density at radius 1 is 0.818 bits per heavy atom. The Bertz CT molecular complexity index is 150. The zero-order valence-electron chi connectivity index (χ0n) is 18.0. The highest BCUT2D eigenvalue weighted by Gasteiger charge is 2.24. The second-order valence-electron chi connectivity index (χ2n) is 5.57. The van der Waals surface area contributed by atoms with Gasteiger partial charge in [0.15, 0.2) is 0 Å². The van der Waals surface area contributed by atoms with Crippen LogP contribution in [0.3, 0.4) is 0 Å². The van der Waals surface area contributed by atoms with Crippen LogP contribution in [0, 0.1) is 17.8 Å². The number of hydrogen-bond acceptors (Lipinski definition) is 1. The van der Waals surface area contributed by atoms with Crippen molar-refractivity contribution < 1.29 is 5.11 Å². The second kappa shape index (κ2) is 25.9. The maximum absolute atomic E-state index is 8.36. The predicted octanol–water partition coefficient (Wildman–Crippen LogP) is 7.71. The Hall–Kier alpha value is -0.0400. The van der Waals surface area contributed by atoms with Gasteiger partial charge in [-0.25, -0.2) is 0 Å². The van der Waals surface area contributed by atoms with Crippen molar-refractivity contribution in [2.24, 2.45) is 17.8 Å². The molecule has 0 aromatic heterocycles. The SMILES string of the molecule is CC.CC.CC.CCC(C)C1CCCCC1C.CCC(C)O. The molecule has 0 aromatic rings. The fraction of sp³-hybridized carbons (Fsp3) is 1.00. The topological polar surface area (TPSA) is 20.2 Å². The Labute approximate surface area is 144 Å². The van der Waals surface area contributed by atoms with Crippen LogP contribution < -0.4 is 0 Å². The van der Waals surface area contributed by atoms with Crippen LogP contribution in [0.15, 0.2) is 0 Å². The minimum atomic E-state index is -0.116. The van der Waals surface area contributed by atoms with Gasteiger partial charge in [-0.3, -0.25) is 0 Å². The molecular formula is C21H50O. The summed E-state index contributed by atoms with van der Waals surface area (Å²) in [5.74, 6) is 3.00. The van der Waals surface area contributed by atoms with Gasteiger partial charge < -0.3 is 5.11 Å². The van der Waals surface area contributed by atoms with E-state index in [0.29, 0.717) is 0 Å². The summed E-state index contributed by atoms with van der Waals surface area (Å²) in [6, 6.07) is 0. The molecule has 1 heteroatoms. The first kappa shape index (κ1) is 29.9. The van der Waals surface area contributed by atoms with E-state index in [0.717, 1.165) is 24.2 Å². The monoisotopic (exact) mass is 318 g/mol. The molecule has 0 aromatic carbocycles. The van der Waals surface area contributed by atoms with Gasteiger partial charge in [0.25, 0.3) is 0 Å². The van der Waals surface area contributed by atoms with Crippen LogP contribution in [-0.4, -0.2) is 11.2 Å². The van der Waals surface area contributed by atoms with Gasteiger partial charge in [-0.2, -0.15) is 0 Å². The summed E-state index contributed by atoms with van der Waals surface area (Å²) in [4.78, 5) is 0. The van der Waals surface area contributed by atoms with Crippen LogP contribution in [0.1, 0.15) is 115 Å². The Balaban J connectivity index is -0.000000125. The van der Waals surface area contributed by atoms with Gasteiger partial charge in [0.1, 0.15) is 0 Å². The van der Waals surface area contributed by atoms with Gasteiger partial charge >= 0.3 is 0 Å². The van der Waals surface area contributed by atoms with Crippen molar-refractivity contribution in [3.8, 4) is 0 Å². The summed E-state index contributed by atoms with van der Waals surface area (Å²) >= 11 is 0. The molecule has 4 unspecified atom stereocenters. The molecular weight excluding hydrogens is 268 g/mol. The zero-order valence-corrected chi connectivity index (χ0v) is 18.0. The van der Waals surface area contributed by atoms with Crippen molar-refractivity contribution in [2.45, 2.75) is 121 Å². The first-order valence-electron chi connectivity index (χ1n) is 10.2. The molecule has 0 radical (unpaired) electrons. The molecule has 0 saturated heterocycles. The maximum atomic E-state index is 8.36. The highest BCUT2D eigenvalue weighted by atomic mass is 16.3. The highest BCUT2D eigenvalue weighted by Crippen LogP contribution is 2.35. The lowest BCUT2D eigenvalue weighted by Gasteiger charge is -2.33. The molecule has 1 saturated carbocycles. The molecule has 1 aliphatic rings. The van der Waals surface area contributed by atoms with Crippen LogP contribution in [0.5, 0.6) is 0 Å². The lowest BCUT2D eigenvalue weighted by molar-refractivity contribution is 0.181. The van der Waals surface area contributed by atoms with Crippen molar-refractivity contribution in [2.75, 3.05) is 0 Å². The molecule has 0 amide bonds. The van der Waals surface area contributed by atoms with Crippen LogP contribution >= 0.6 is 0 Å². The van der Waals surface area contributed by atoms with Crippen LogP contribution in [-0.2, 0) is 0 Å². The lowest BCUT2D eigenvalue weighted by Crippen LogP contribution is -2.22. The van der Waals surface area contributed by atoms with Crippen LogP contribution in [0.25, 0.3) is 0 Å². The molecule has 0 spiro atoms. The molecule has 0 bridgehead atoms. The summed E-state index contributed by atoms with van der Waals surface area (Å²) in [5, 5.41) is 8.36. The smallest absolute Gasteiger partial charge is 0.0509 e. The molecule has 22 heavy (non-hydrogen) atoms. The standard InChI is InChI=1S/C11H22.C4H10O.3C2H6/c1-4-9(2)11-8-6-5-7-10(11)3;1-3-4(2)5;3*1-2/h9-11H,4-8H2,1-3H3;4-5H,3H2,1-2H3;3*1-2H3. The minimum Gasteiger partial charge on any atom is -0.393 e. The molecule has 1 nitrogen and oxygen atoms in total. The first-order chi connectivity index (χ1) is 10.5. The van der Waals surface area contributed by atoms with Gasteiger partial charge in [-0.05, 0) is 37.5 Å². The maximum Gasteiger partial charge on any atom is 0.0509 e. The third-order valence-electron chi connectivity index (χ3n) is 4.14. The van der Waals surface area contributed by atoms with E-state index in [1.165, 1.54) is 32.1 Å². The number of rotatable bonds is 3. The highest BCUT2D eigenvalue weighted by molar-refractivity contribution is 4.75. The third kappa shape index (κ3) is 20.0. The van der Waals surface area contributed by atoms with E-state index >= 15 is 0 Å². The van der Waals surface area contributed by atoms with E-state index in [-0.39, 0.29) is 6.10 Å². The molecule has 1 N–H and O–H groups in total. The van der Waals surface area contributed by atoms with E-state index < -0.39 is 0 Å². The first-order valence-corrected chi connectivity index (χ1v) is 10.2. The summed E-state index contributed by atoms with van der Waals surface area (Å²) in [7, 11) is 0. The summed E-state index contributed by atoms with van der Waals surface area (Å²) in [6.07, 6.45) is 8.06. The molecule has 1 rings (SSSR count). The van der Waals surface area contributed by atoms with Gasteiger partial charge in [0.05, 0.1) is 6.10 Å². The molecule has 140 valence electrons. The number of hydrogen-bond donors (Lipinski definition) is 1. The largest absolute Gasteiger partial charge is 0.393 e. The van der Waals surface area contributed by atoms with E-state index in [9.17, 15) is 0 Å². The third-order valence-corrected chi connectivity index (χ3v) is 4.14. The van der Waals surface area contributed by atoms with Crippen molar-refractivity contribution in [1.82, 2.24) is 0 Å². The van der Waals surface area contributed by atoms with Gasteiger partial charge in [0, 0.05) is 0 Å². The summed E-state index contributed by atoms with van der Waals surface area (Å²) in [6.45, 7) is 22.9. The fourth-order valence-corrected chi connectivity index (χ4v) is 2.49. The van der Waals surface area contributed by atoms with Crippen LogP contribution in [0.2, 0.25) is 0 Å². The quantitative estimate of drug-likeness (QED) is 0.564. The number of aliphatic hydroxyl groups excluding tert-OH is 1. The van der Waals surface area contributed by atoms with E-state index in [2.05, 4.69) is 20.8 Å². The van der Waals surface area contributed by atoms with Gasteiger partial charge in [-0.15, -0.1) is 0 Å². The molecule has 0 heterocycles. The Morgan fingerprint density at radius 2 is 1.18 bits per heavy atom. The average Bonchev–Trinajstić information content (AvgIpc) is 2.60. The second-order valence-corrected chi connectivity index (χ2v) is 5.57. The van der Waals surface area contributed by atoms with Crippen molar-refractivity contribution in [3.05, 3.63) is 0 Å². The van der Waals surface area contributed by atoms with Crippen molar-refractivity contribution >= 4 is 0 Å². The molecule has 0 aliphatic heterocycles. The Kier molecular flexibility index (Phi) is 35.2. The predicted molar refractivity (Wildman–Crippen MR) is 107 cm³/mol. The summed E-state index contributed by atoms with van der Waals surface area (Å²) in [5.41, 5.74) is 0. The van der Waals surface area contributed by atoms with Crippen molar-refractivity contribution in [3.63, 3.8) is 0 Å².